The van der Waals surface area contributed by atoms with Gasteiger partial charge >= 0.3 is 0 Å². The van der Waals surface area contributed by atoms with Gasteiger partial charge in [0.2, 0.25) is 0 Å². The van der Waals surface area contributed by atoms with Crippen molar-refractivity contribution >= 4 is 22.6 Å². The van der Waals surface area contributed by atoms with Gasteiger partial charge in [-0.1, -0.05) is 24.3 Å². The third-order valence-electron chi connectivity index (χ3n) is 2.72. The lowest BCUT2D eigenvalue weighted by molar-refractivity contribution is 0.202. The zero-order valence-electron chi connectivity index (χ0n) is 8.35. The van der Waals surface area contributed by atoms with E-state index in [0.717, 1.165) is 26.2 Å². The van der Waals surface area contributed by atoms with Crippen LogP contribution in [0.5, 0.6) is 11.5 Å². The molecule has 3 rings (SSSR count). The summed E-state index contributed by atoms with van der Waals surface area (Å²) in [5, 5.41) is 10.3. The maximum Gasteiger partial charge on any atom is 0.134 e. The maximum atomic E-state index is 10.3. The highest BCUT2D eigenvalue weighted by atomic mass is 127. The number of fused-ring (bicyclic) bond motifs is 2. The highest BCUT2D eigenvalue weighted by Crippen LogP contribution is 2.44. The van der Waals surface area contributed by atoms with Gasteiger partial charge in [0.1, 0.15) is 17.6 Å². The molecule has 0 fully saturated rings. The highest BCUT2D eigenvalue weighted by molar-refractivity contribution is 14.1. The van der Waals surface area contributed by atoms with Gasteiger partial charge in [0, 0.05) is 14.7 Å². The highest BCUT2D eigenvalue weighted by Gasteiger charge is 2.26. The second-order valence-corrected chi connectivity index (χ2v) is 4.86. The summed E-state index contributed by atoms with van der Waals surface area (Å²) in [6, 6.07) is 13.4. The SMILES string of the molecule is OC1c2ccccc2Oc2cccc(I)c21. The Hall–Kier alpha value is -1.07. The van der Waals surface area contributed by atoms with Crippen LogP contribution in [0.2, 0.25) is 0 Å². The number of halogens is 1. The van der Waals surface area contributed by atoms with Crippen molar-refractivity contribution in [2.24, 2.45) is 0 Å². The quantitative estimate of drug-likeness (QED) is 0.752. The fourth-order valence-electron chi connectivity index (χ4n) is 1.94. The Bertz CT molecular complexity index is 551. The molecular weight excluding hydrogens is 315 g/mol. The molecule has 16 heavy (non-hydrogen) atoms. The van der Waals surface area contributed by atoms with Crippen LogP contribution in [0, 0.1) is 3.57 Å². The number of para-hydroxylation sites is 1. The van der Waals surface area contributed by atoms with Gasteiger partial charge in [-0.05, 0) is 40.8 Å². The molecule has 2 aromatic carbocycles. The number of hydrogen-bond acceptors (Lipinski definition) is 2. The number of ether oxygens (including phenoxy) is 1. The van der Waals surface area contributed by atoms with Crippen LogP contribution in [0.4, 0.5) is 0 Å². The molecule has 1 N–H and O–H groups in total. The van der Waals surface area contributed by atoms with Crippen molar-refractivity contribution in [2.75, 3.05) is 0 Å². The Morgan fingerprint density at radius 2 is 1.75 bits per heavy atom. The number of aliphatic hydroxyl groups excluding tert-OH is 1. The van der Waals surface area contributed by atoms with Crippen LogP contribution >= 0.6 is 22.6 Å². The summed E-state index contributed by atoms with van der Waals surface area (Å²) in [7, 11) is 0. The van der Waals surface area contributed by atoms with Crippen molar-refractivity contribution < 1.29 is 9.84 Å². The molecule has 1 atom stereocenters. The fraction of sp³-hybridized carbons (Fsp3) is 0.0769. The predicted octanol–water partition coefficient (Wildman–Crippen LogP) is 3.48. The molecule has 2 aromatic rings. The Morgan fingerprint density at radius 1 is 1.00 bits per heavy atom. The van der Waals surface area contributed by atoms with Gasteiger partial charge in [-0.3, -0.25) is 0 Å². The Labute approximate surface area is 107 Å². The van der Waals surface area contributed by atoms with E-state index in [2.05, 4.69) is 22.6 Å². The van der Waals surface area contributed by atoms with Gasteiger partial charge in [0.15, 0.2) is 0 Å². The van der Waals surface area contributed by atoms with Crippen LogP contribution in [0.3, 0.4) is 0 Å². The normalized spacial score (nSPS) is 17.2. The minimum Gasteiger partial charge on any atom is -0.457 e. The van der Waals surface area contributed by atoms with Gasteiger partial charge in [-0.25, -0.2) is 0 Å². The predicted molar refractivity (Wildman–Crippen MR) is 69.7 cm³/mol. The molecule has 0 spiro atoms. The Kier molecular flexibility index (Phi) is 2.37. The lowest BCUT2D eigenvalue weighted by Gasteiger charge is -2.25. The summed E-state index contributed by atoms with van der Waals surface area (Å²) in [5.41, 5.74) is 1.70. The summed E-state index contributed by atoms with van der Waals surface area (Å²) < 4.78 is 6.79. The first-order valence-corrected chi connectivity index (χ1v) is 6.08. The van der Waals surface area contributed by atoms with Crippen molar-refractivity contribution in [1.82, 2.24) is 0 Å². The third kappa shape index (κ3) is 1.43. The maximum absolute atomic E-state index is 10.3. The third-order valence-corrected chi connectivity index (χ3v) is 3.66. The lowest BCUT2D eigenvalue weighted by Crippen LogP contribution is -2.10. The number of hydrogen-bond donors (Lipinski definition) is 1. The molecule has 0 bridgehead atoms. The molecule has 1 unspecified atom stereocenters. The van der Waals surface area contributed by atoms with E-state index in [1.807, 2.05) is 42.5 Å². The molecular formula is C13H9IO2. The molecule has 0 aliphatic carbocycles. The van der Waals surface area contributed by atoms with Gasteiger partial charge in [0.05, 0.1) is 0 Å². The lowest BCUT2D eigenvalue weighted by atomic mass is 9.97. The number of aliphatic hydroxyl groups is 1. The molecule has 1 aliphatic heterocycles. The van der Waals surface area contributed by atoms with Gasteiger partial charge in [-0.2, -0.15) is 0 Å². The molecule has 0 radical (unpaired) electrons. The fourth-order valence-corrected chi connectivity index (χ4v) is 2.71. The molecule has 0 amide bonds. The van der Waals surface area contributed by atoms with E-state index in [4.69, 9.17) is 4.74 Å². The number of benzene rings is 2. The zero-order valence-corrected chi connectivity index (χ0v) is 10.5. The minimum absolute atomic E-state index is 0.590. The van der Waals surface area contributed by atoms with E-state index in [1.54, 1.807) is 0 Å². The monoisotopic (exact) mass is 324 g/mol. The zero-order chi connectivity index (χ0) is 11.1. The van der Waals surface area contributed by atoms with Crippen LogP contribution < -0.4 is 4.74 Å². The molecule has 1 aliphatic rings. The van der Waals surface area contributed by atoms with Crippen molar-refractivity contribution in [3.63, 3.8) is 0 Å². The Morgan fingerprint density at radius 3 is 2.62 bits per heavy atom. The molecule has 2 nitrogen and oxygen atoms in total. The topological polar surface area (TPSA) is 29.5 Å². The van der Waals surface area contributed by atoms with E-state index in [1.165, 1.54) is 0 Å². The van der Waals surface area contributed by atoms with E-state index < -0.39 is 6.10 Å². The molecule has 80 valence electrons. The average molecular weight is 324 g/mol. The van der Waals surface area contributed by atoms with E-state index in [0.29, 0.717) is 0 Å². The van der Waals surface area contributed by atoms with E-state index >= 15 is 0 Å². The summed E-state index contributed by atoms with van der Waals surface area (Å²) in [5.74, 6) is 1.49. The van der Waals surface area contributed by atoms with Crippen LogP contribution in [0.15, 0.2) is 42.5 Å². The molecule has 0 saturated heterocycles. The standard InChI is InChI=1S/C13H9IO2/c14-9-5-3-7-11-12(9)13(15)8-4-1-2-6-10(8)16-11/h1-7,13,15H. The molecule has 1 heterocycles. The van der Waals surface area contributed by atoms with Crippen LogP contribution in [0.25, 0.3) is 0 Å². The minimum atomic E-state index is -0.590. The first-order valence-electron chi connectivity index (χ1n) is 5.00. The second-order valence-electron chi connectivity index (χ2n) is 3.69. The number of rotatable bonds is 0. The van der Waals surface area contributed by atoms with Crippen LogP contribution in [0.1, 0.15) is 17.2 Å². The van der Waals surface area contributed by atoms with E-state index in [-0.39, 0.29) is 0 Å². The average Bonchev–Trinajstić information content (AvgIpc) is 2.29. The van der Waals surface area contributed by atoms with Gasteiger partial charge in [-0.15, -0.1) is 0 Å². The van der Waals surface area contributed by atoms with Crippen molar-refractivity contribution in [3.05, 3.63) is 57.2 Å². The summed E-state index contributed by atoms with van der Waals surface area (Å²) in [4.78, 5) is 0. The first kappa shape index (κ1) is 10.1. The van der Waals surface area contributed by atoms with Crippen molar-refractivity contribution in [2.45, 2.75) is 6.10 Å². The van der Waals surface area contributed by atoms with Crippen LogP contribution in [-0.4, -0.2) is 5.11 Å². The molecule has 0 aromatic heterocycles. The second kappa shape index (κ2) is 3.75. The summed E-state index contributed by atoms with van der Waals surface area (Å²) >= 11 is 2.22. The largest absolute Gasteiger partial charge is 0.457 e. The summed E-state index contributed by atoms with van der Waals surface area (Å²) in [6.45, 7) is 0. The van der Waals surface area contributed by atoms with Crippen LogP contribution in [-0.2, 0) is 0 Å². The summed E-state index contributed by atoms with van der Waals surface area (Å²) in [6.07, 6.45) is -0.590. The van der Waals surface area contributed by atoms with Gasteiger partial charge in [0.25, 0.3) is 0 Å². The van der Waals surface area contributed by atoms with Crippen molar-refractivity contribution in [1.29, 1.82) is 0 Å². The first-order chi connectivity index (χ1) is 7.77. The van der Waals surface area contributed by atoms with Gasteiger partial charge < -0.3 is 9.84 Å². The molecule has 0 saturated carbocycles. The Balaban J connectivity index is 2.23. The van der Waals surface area contributed by atoms with E-state index in [9.17, 15) is 5.11 Å². The smallest absolute Gasteiger partial charge is 0.134 e. The molecule has 3 heteroatoms. The van der Waals surface area contributed by atoms with Crippen molar-refractivity contribution in [3.8, 4) is 11.5 Å².